The molecular weight excluding hydrogens is 562 g/mol. The smallest absolute Gasteiger partial charge is 0.303 e. The van der Waals surface area contributed by atoms with Crippen LogP contribution >= 0.6 is 11.8 Å². The summed E-state index contributed by atoms with van der Waals surface area (Å²) in [4.78, 5) is 52.1. The Hall–Kier alpha value is -3.26. The maximum absolute atomic E-state index is 13.4. The molecule has 0 radical (unpaired) electrons. The molecule has 11 nitrogen and oxygen atoms in total. The van der Waals surface area contributed by atoms with Gasteiger partial charge in [-0.05, 0) is 36.9 Å². The summed E-state index contributed by atoms with van der Waals surface area (Å²) < 4.78 is 48.4. The summed E-state index contributed by atoms with van der Waals surface area (Å²) in [6.45, 7) is 5.29. The molecule has 2 aliphatic heterocycles. The van der Waals surface area contributed by atoms with Gasteiger partial charge in [0.1, 0.15) is 17.6 Å². The molecule has 4 rings (SSSR count). The zero-order chi connectivity index (χ0) is 29.2. The highest BCUT2D eigenvalue weighted by Gasteiger charge is 2.56. The van der Waals surface area contributed by atoms with Gasteiger partial charge in [0.2, 0.25) is 0 Å². The van der Waals surface area contributed by atoms with E-state index in [1.165, 1.54) is 36.0 Å². The Morgan fingerprint density at radius 3 is 2.00 bits per heavy atom. The maximum atomic E-state index is 13.4. The van der Waals surface area contributed by atoms with Crippen molar-refractivity contribution in [1.82, 2.24) is 4.90 Å². The van der Waals surface area contributed by atoms with Gasteiger partial charge in [0.05, 0.1) is 22.6 Å². The number of ether oxygens (including phenoxy) is 3. The molecule has 0 saturated carbocycles. The van der Waals surface area contributed by atoms with Crippen molar-refractivity contribution in [1.29, 1.82) is 0 Å². The number of carbonyl (C=O) groups excluding carboxylic acids is 4. The van der Waals surface area contributed by atoms with E-state index in [9.17, 15) is 27.6 Å². The molecule has 2 unspecified atom stereocenters. The predicted molar refractivity (Wildman–Crippen MR) is 143 cm³/mol. The lowest BCUT2D eigenvalue weighted by Crippen LogP contribution is -2.66. The van der Waals surface area contributed by atoms with E-state index < -0.39 is 70.3 Å². The lowest BCUT2D eigenvalue weighted by atomic mass is 9.96. The number of aryl methyl sites for hydroxylation is 1. The maximum Gasteiger partial charge on any atom is 0.303 e. The van der Waals surface area contributed by atoms with Crippen LogP contribution in [0.3, 0.4) is 0 Å². The van der Waals surface area contributed by atoms with Gasteiger partial charge in [-0.3, -0.25) is 28.3 Å². The largest absolute Gasteiger partial charge is 0.456 e. The molecule has 0 N–H and O–H groups in total. The number of thioether (sulfide) groups is 1. The van der Waals surface area contributed by atoms with E-state index in [0.29, 0.717) is 5.75 Å². The quantitative estimate of drug-likeness (QED) is 0.241. The first-order valence-corrected chi connectivity index (χ1v) is 14.9. The van der Waals surface area contributed by atoms with Crippen molar-refractivity contribution in [3.8, 4) is 0 Å². The molecule has 2 amide bonds. The fourth-order valence-corrected chi connectivity index (χ4v) is 6.61. The third-order valence-electron chi connectivity index (χ3n) is 6.37. The molecule has 1 saturated heterocycles. The minimum Gasteiger partial charge on any atom is -0.456 e. The summed E-state index contributed by atoms with van der Waals surface area (Å²) in [5, 5.41) is 0. The summed E-state index contributed by atoms with van der Waals surface area (Å²) >= 11 is 1.21. The first kappa shape index (κ1) is 29.7. The van der Waals surface area contributed by atoms with Crippen LogP contribution in [0.2, 0.25) is 0 Å². The average Bonchev–Trinajstić information content (AvgIpc) is 3.14. The number of benzene rings is 2. The van der Waals surface area contributed by atoms with Crippen LogP contribution in [0.15, 0.2) is 53.4 Å². The average molecular weight is 592 g/mol. The highest BCUT2D eigenvalue weighted by atomic mass is 32.2. The van der Waals surface area contributed by atoms with E-state index in [2.05, 4.69) is 0 Å². The Morgan fingerprint density at radius 2 is 1.48 bits per heavy atom. The molecule has 2 aromatic carbocycles. The zero-order valence-electron chi connectivity index (χ0n) is 22.3. The summed E-state index contributed by atoms with van der Waals surface area (Å²) in [6.07, 6.45) is -4.02. The van der Waals surface area contributed by atoms with Crippen LogP contribution in [-0.2, 0) is 38.1 Å². The fraction of sp³-hybridized carbons (Fsp3) is 0.407. The van der Waals surface area contributed by atoms with Gasteiger partial charge in [-0.2, -0.15) is 8.42 Å². The standard InChI is InChI=1S/C27H29NO10S2/c1-5-39-27-22(28-25(31)19-8-6-7-9-20(19)26(28)32)24(37-17(4)30)23(36-16(3)29)21(38-27)14-35-40(33,34)18-12-10-15(2)11-13-18/h6-13,21-24,27H,5,14H2,1-4H3/t21?,22-,23-,24+,27?/m0/s1. The van der Waals surface area contributed by atoms with Crippen molar-refractivity contribution in [2.24, 2.45) is 0 Å². The van der Waals surface area contributed by atoms with E-state index >= 15 is 0 Å². The molecule has 214 valence electrons. The highest BCUT2D eigenvalue weighted by molar-refractivity contribution is 7.99. The Morgan fingerprint density at radius 1 is 0.925 bits per heavy atom. The van der Waals surface area contributed by atoms with Gasteiger partial charge < -0.3 is 14.2 Å². The van der Waals surface area contributed by atoms with Crippen molar-refractivity contribution in [2.75, 3.05) is 12.4 Å². The van der Waals surface area contributed by atoms with Crippen LogP contribution in [0.4, 0.5) is 0 Å². The van der Waals surface area contributed by atoms with Gasteiger partial charge in [0.15, 0.2) is 12.2 Å². The first-order chi connectivity index (χ1) is 18.9. The molecule has 1 fully saturated rings. The van der Waals surface area contributed by atoms with Crippen molar-refractivity contribution in [2.45, 2.75) is 62.4 Å². The number of amides is 2. The Labute approximate surface area is 236 Å². The molecule has 40 heavy (non-hydrogen) atoms. The molecule has 0 aromatic heterocycles. The molecule has 2 heterocycles. The van der Waals surface area contributed by atoms with Gasteiger partial charge in [0.25, 0.3) is 21.9 Å². The van der Waals surface area contributed by atoms with Crippen molar-refractivity contribution in [3.05, 3.63) is 65.2 Å². The van der Waals surface area contributed by atoms with Crippen molar-refractivity contribution in [3.63, 3.8) is 0 Å². The van der Waals surface area contributed by atoms with Gasteiger partial charge in [0, 0.05) is 13.8 Å². The molecule has 2 aromatic rings. The second-order valence-electron chi connectivity index (χ2n) is 9.21. The third-order valence-corrected chi connectivity index (χ3v) is 8.72. The lowest BCUT2D eigenvalue weighted by Gasteiger charge is -2.47. The summed E-state index contributed by atoms with van der Waals surface area (Å²) in [6, 6.07) is 11.1. The number of esters is 2. The molecule has 13 heteroatoms. The lowest BCUT2D eigenvalue weighted by molar-refractivity contribution is -0.213. The van der Waals surface area contributed by atoms with E-state index in [1.54, 1.807) is 24.3 Å². The van der Waals surface area contributed by atoms with E-state index in [1.807, 2.05) is 13.8 Å². The fourth-order valence-electron chi connectivity index (χ4n) is 4.67. The minimum atomic E-state index is -4.24. The van der Waals surface area contributed by atoms with E-state index in [-0.39, 0.29) is 16.0 Å². The summed E-state index contributed by atoms with van der Waals surface area (Å²) in [5.74, 6) is -2.32. The second kappa shape index (κ2) is 12.1. The van der Waals surface area contributed by atoms with Gasteiger partial charge in [-0.15, -0.1) is 11.8 Å². The molecular formula is C27H29NO10S2. The SMILES string of the molecule is CCSC1OC(COS(=O)(=O)c2ccc(C)cc2)[C@H](OC(C)=O)[C@H](OC(C)=O)[C@@H]1N1C(=O)c2ccccc2C1=O. The van der Waals surface area contributed by atoms with E-state index in [4.69, 9.17) is 18.4 Å². The third kappa shape index (κ3) is 6.07. The number of imide groups is 1. The number of nitrogens with zero attached hydrogens (tertiary/aromatic N) is 1. The van der Waals surface area contributed by atoms with Crippen molar-refractivity contribution < 1.29 is 46.0 Å². The van der Waals surface area contributed by atoms with Gasteiger partial charge >= 0.3 is 11.9 Å². The van der Waals surface area contributed by atoms with Gasteiger partial charge in [-0.1, -0.05) is 36.8 Å². The van der Waals surface area contributed by atoms with Crippen molar-refractivity contribution >= 4 is 45.6 Å². The second-order valence-corrected chi connectivity index (χ2v) is 12.2. The van der Waals surface area contributed by atoms with Crippen LogP contribution in [-0.4, -0.2) is 79.2 Å². The Kier molecular flexibility index (Phi) is 8.98. The monoisotopic (exact) mass is 591 g/mol. The van der Waals surface area contributed by atoms with Crippen LogP contribution in [0.5, 0.6) is 0 Å². The normalized spacial score (nSPS) is 24.5. The first-order valence-electron chi connectivity index (χ1n) is 12.5. The Bertz CT molecular complexity index is 1370. The highest BCUT2D eigenvalue weighted by Crippen LogP contribution is 2.38. The van der Waals surface area contributed by atoms with Crippen LogP contribution in [0.1, 0.15) is 47.1 Å². The number of hydrogen-bond donors (Lipinski definition) is 0. The molecule has 5 atom stereocenters. The molecule has 0 spiro atoms. The summed E-state index contributed by atoms with van der Waals surface area (Å²) in [5.41, 5.74) is 0.229. The number of fused-ring (bicyclic) bond motifs is 1. The number of hydrogen-bond acceptors (Lipinski definition) is 11. The van der Waals surface area contributed by atoms with Crippen LogP contribution in [0.25, 0.3) is 0 Å². The van der Waals surface area contributed by atoms with E-state index in [0.717, 1.165) is 24.3 Å². The minimum absolute atomic E-state index is 0.0853. The summed E-state index contributed by atoms with van der Waals surface area (Å²) in [7, 11) is -4.24. The van der Waals surface area contributed by atoms with Crippen LogP contribution in [0, 0.1) is 6.92 Å². The molecule has 0 bridgehead atoms. The zero-order valence-corrected chi connectivity index (χ0v) is 23.9. The molecule has 2 aliphatic rings. The molecule has 0 aliphatic carbocycles. The number of rotatable bonds is 9. The topological polar surface area (TPSA) is 143 Å². The van der Waals surface area contributed by atoms with Crippen LogP contribution < -0.4 is 0 Å². The Balaban J connectivity index is 1.71. The van der Waals surface area contributed by atoms with Gasteiger partial charge in [-0.25, -0.2) is 0 Å². The number of carbonyl (C=O) groups is 4. The predicted octanol–water partition coefficient (Wildman–Crippen LogP) is 2.71.